The summed E-state index contributed by atoms with van der Waals surface area (Å²) in [6.07, 6.45) is 1.11. The number of hydrogen-bond donors (Lipinski definition) is 1. The van der Waals surface area contributed by atoms with Crippen LogP contribution in [0.4, 0.5) is 0 Å². The maximum atomic E-state index is 12.8. The second-order valence-corrected chi connectivity index (χ2v) is 8.01. The molecule has 7 heteroatoms. The minimum atomic E-state index is -0.211. The molecule has 1 atom stereocenters. The van der Waals surface area contributed by atoms with E-state index in [1.165, 1.54) is 0 Å². The first-order chi connectivity index (χ1) is 15.2. The molecule has 0 saturated carbocycles. The van der Waals surface area contributed by atoms with E-state index in [1.54, 1.807) is 6.07 Å². The fourth-order valence-corrected chi connectivity index (χ4v) is 4.15. The highest BCUT2D eigenvalue weighted by Gasteiger charge is 2.26. The van der Waals surface area contributed by atoms with Crippen LogP contribution >= 0.6 is 0 Å². The fourth-order valence-electron chi connectivity index (χ4n) is 4.15. The number of ether oxygens (including phenoxy) is 1. The topological polar surface area (TPSA) is 76.5 Å². The molecule has 31 heavy (non-hydrogen) atoms. The monoisotopic (exact) mass is 416 g/mol. The van der Waals surface area contributed by atoms with Crippen molar-refractivity contribution in [2.45, 2.75) is 32.0 Å². The second kappa shape index (κ2) is 8.26. The van der Waals surface area contributed by atoms with Crippen LogP contribution in [0.1, 0.15) is 27.3 Å². The van der Waals surface area contributed by atoms with Crippen LogP contribution in [-0.4, -0.2) is 45.7 Å². The number of amides is 2. The van der Waals surface area contributed by atoms with Crippen molar-refractivity contribution in [3.05, 3.63) is 83.2 Å². The van der Waals surface area contributed by atoms with Crippen LogP contribution in [-0.2, 0) is 30.7 Å². The molecule has 0 aliphatic carbocycles. The first kappa shape index (κ1) is 19.4. The molecule has 0 radical (unpaired) electrons. The lowest BCUT2D eigenvalue weighted by Crippen LogP contribution is -2.42. The largest absolute Gasteiger partial charge is 0.491 e. The Morgan fingerprint density at radius 3 is 2.74 bits per heavy atom. The van der Waals surface area contributed by atoms with Gasteiger partial charge in [-0.25, -0.2) is 0 Å². The number of rotatable bonds is 4. The van der Waals surface area contributed by atoms with Gasteiger partial charge < -0.3 is 15.0 Å². The van der Waals surface area contributed by atoms with E-state index in [4.69, 9.17) is 4.74 Å². The molecule has 2 aliphatic rings. The lowest BCUT2D eigenvalue weighted by molar-refractivity contribution is -0.132. The van der Waals surface area contributed by atoms with Gasteiger partial charge in [0.2, 0.25) is 5.91 Å². The van der Waals surface area contributed by atoms with Crippen LogP contribution in [0.15, 0.2) is 60.7 Å². The summed E-state index contributed by atoms with van der Waals surface area (Å²) in [6.45, 7) is 2.08. The van der Waals surface area contributed by atoms with Crippen LogP contribution in [0.3, 0.4) is 0 Å². The number of benzene rings is 2. The maximum Gasteiger partial charge on any atom is 0.272 e. The van der Waals surface area contributed by atoms with E-state index in [1.807, 2.05) is 64.2 Å². The molecule has 1 N–H and O–H groups in total. The highest BCUT2D eigenvalue weighted by atomic mass is 16.5. The summed E-state index contributed by atoms with van der Waals surface area (Å²) in [6, 6.07) is 19.3. The molecule has 2 aromatic carbocycles. The van der Waals surface area contributed by atoms with Gasteiger partial charge in [0.25, 0.3) is 5.91 Å². The van der Waals surface area contributed by atoms with Crippen molar-refractivity contribution >= 4 is 11.8 Å². The van der Waals surface area contributed by atoms with Crippen LogP contribution < -0.4 is 10.1 Å². The number of nitrogens with one attached hydrogen (secondary N) is 1. The van der Waals surface area contributed by atoms with Crippen molar-refractivity contribution in [3.63, 3.8) is 0 Å². The third kappa shape index (κ3) is 4.17. The van der Waals surface area contributed by atoms with Gasteiger partial charge >= 0.3 is 0 Å². The van der Waals surface area contributed by atoms with Crippen molar-refractivity contribution in [2.75, 3.05) is 13.2 Å². The van der Waals surface area contributed by atoms with E-state index in [2.05, 4.69) is 10.4 Å². The smallest absolute Gasteiger partial charge is 0.272 e. The molecular weight excluding hydrogens is 392 g/mol. The molecule has 0 bridgehead atoms. The number of carbonyl (C=O) groups is 2. The standard InChI is InChI=1S/C24H24N4O3/c29-23(12-17-6-2-1-3-7-17)27-10-11-28-20(15-27)14-21(26-28)24(30)25-19-13-18-8-4-5-9-22(18)31-16-19/h1-9,14,19H,10-13,15-16H2,(H,25,30)/t19-/m1/s1. The molecule has 3 heterocycles. The van der Waals surface area contributed by atoms with Gasteiger partial charge in [-0.05, 0) is 29.7 Å². The van der Waals surface area contributed by atoms with Gasteiger partial charge in [-0.2, -0.15) is 5.10 Å². The first-order valence-corrected chi connectivity index (χ1v) is 10.6. The summed E-state index contributed by atoms with van der Waals surface area (Å²) in [5, 5.41) is 7.50. The van der Waals surface area contributed by atoms with Crippen LogP contribution in [0.2, 0.25) is 0 Å². The van der Waals surface area contributed by atoms with E-state index in [9.17, 15) is 9.59 Å². The van der Waals surface area contributed by atoms with Crippen LogP contribution in [0.25, 0.3) is 0 Å². The van der Waals surface area contributed by atoms with E-state index < -0.39 is 0 Å². The Balaban J connectivity index is 1.21. The SMILES string of the molecule is O=C(N[C@H]1COc2ccccc2C1)c1cc2n(n1)CCN(C(=O)Cc1ccccc1)C2. The van der Waals surface area contributed by atoms with Gasteiger partial charge in [0.1, 0.15) is 12.4 Å². The lowest BCUT2D eigenvalue weighted by Gasteiger charge is -2.27. The number of para-hydroxylation sites is 1. The molecule has 0 fully saturated rings. The molecule has 0 saturated heterocycles. The average Bonchev–Trinajstić information content (AvgIpc) is 3.23. The lowest BCUT2D eigenvalue weighted by atomic mass is 10.0. The molecular formula is C24H24N4O3. The molecule has 3 aromatic rings. The number of carbonyl (C=O) groups excluding carboxylic acids is 2. The third-order valence-electron chi connectivity index (χ3n) is 5.80. The Morgan fingerprint density at radius 2 is 1.87 bits per heavy atom. The van der Waals surface area contributed by atoms with Crippen LogP contribution in [0, 0.1) is 0 Å². The Bertz CT molecular complexity index is 1110. The van der Waals surface area contributed by atoms with Gasteiger partial charge in [0, 0.05) is 6.54 Å². The van der Waals surface area contributed by atoms with Gasteiger partial charge in [-0.3, -0.25) is 14.3 Å². The number of aromatic nitrogens is 2. The molecule has 7 nitrogen and oxygen atoms in total. The summed E-state index contributed by atoms with van der Waals surface area (Å²) >= 11 is 0. The first-order valence-electron chi connectivity index (χ1n) is 10.6. The number of hydrogen-bond acceptors (Lipinski definition) is 4. The molecule has 158 valence electrons. The van der Waals surface area contributed by atoms with Crippen LogP contribution in [0.5, 0.6) is 5.75 Å². The minimum Gasteiger partial charge on any atom is -0.491 e. The number of nitrogens with zero attached hydrogens (tertiary/aromatic N) is 3. The predicted molar refractivity (Wildman–Crippen MR) is 115 cm³/mol. The van der Waals surface area contributed by atoms with E-state index >= 15 is 0 Å². The van der Waals surface area contributed by atoms with E-state index in [-0.39, 0.29) is 17.9 Å². The zero-order valence-corrected chi connectivity index (χ0v) is 17.2. The van der Waals surface area contributed by atoms with Gasteiger partial charge in [-0.1, -0.05) is 48.5 Å². The molecule has 1 aromatic heterocycles. The van der Waals surface area contributed by atoms with E-state index in [0.717, 1.165) is 29.0 Å². The third-order valence-corrected chi connectivity index (χ3v) is 5.80. The Labute approximate surface area is 180 Å². The maximum absolute atomic E-state index is 12.8. The fraction of sp³-hybridized carbons (Fsp3) is 0.292. The molecule has 0 unspecified atom stereocenters. The molecule has 2 aliphatic heterocycles. The minimum absolute atomic E-state index is 0.0858. The Hall–Kier alpha value is -3.61. The zero-order valence-electron chi connectivity index (χ0n) is 17.2. The van der Waals surface area contributed by atoms with Crippen molar-refractivity contribution in [3.8, 4) is 5.75 Å². The van der Waals surface area contributed by atoms with Crippen molar-refractivity contribution < 1.29 is 14.3 Å². The molecule has 0 spiro atoms. The van der Waals surface area contributed by atoms with Crippen molar-refractivity contribution in [2.24, 2.45) is 0 Å². The Kier molecular flexibility index (Phi) is 5.16. The van der Waals surface area contributed by atoms with Crippen molar-refractivity contribution in [1.29, 1.82) is 0 Å². The molecule has 2 amide bonds. The summed E-state index contributed by atoms with van der Waals surface area (Å²) in [5.41, 5.74) is 3.35. The highest BCUT2D eigenvalue weighted by Crippen LogP contribution is 2.24. The van der Waals surface area contributed by atoms with Crippen molar-refractivity contribution in [1.82, 2.24) is 20.0 Å². The zero-order chi connectivity index (χ0) is 21.2. The number of fused-ring (bicyclic) bond motifs is 2. The average molecular weight is 416 g/mol. The summed E-state index contributed by atoms with van der Waals surface area (Å²) in [4.78, 5) is 27.3. The van der Waals surface area contributed by atoms with E-state index in [0.29, 0.717) is 38.4 Å². The van der Waals surface area contributed by atoms with Gasteiger partial charge in [0.05, 0.1) is 31.2 Å². The summed E-state index contributed by atoms with van der Waals surface area (Å²) in [7, 11) is 0. The Morgan fingerprint density at radius 1 is 1.06 bits per heavy atom. The summed E-state index contributed by atoms with van der Waals surface area (Å²) in [5.74, 6) is 0.755. The van der Waals surface area contributed by atoms with Gasteiger partial charge in [0.15, 0.2) is 5.69 Å². The molecule has 5 rings (SSSR count). The predicted octanol–water partition coefficient (Wildman–Crippen LogP) is 2.20. The quantitative estimate of drug-likeness (QED) is 0.708. The highest BCUT2D eigenvalue weighted by molar-refractivity contribution is 5.92. The second-order valence-electron chi connectivity index (χ2n) is 8.01. The van der Waals surface area contributed by atoms with Gasteiger partial charge in [-0.15, -0.1) is 0 Å². The normalized spacial score (nSPS) is 17.3. The summed E-state index contributed by atoms with van der Waals surface area (Å²) < 4.78 is 7.59.